The number of carbonyl (C=O) groups is 1. The molecule has 2 bridgehead atoms. The molecule has 0 radical (unpaired) electrons. The lowest BCUT2D eigenvalue weighted by Gasteiger charge is -2.47. The van der Waals surface area contributed by atoms with Crippen molar-refractivity contribution in [2.45, 2.75) is 93.6 Å². The topological polar surface area (TPSA) is 94.2 Å². The van der Waals surface area contributed by atoms with Gasteiger partial charge < -0.3 is 14.2 Å². The molecule has 3 fully saturated rings. The Morgan fingerprint density at radius 2 is 2.00 bits per heavy atom. The van der Waals surface area contributed by atoms with E-state index in [0.29, 0.717) is 56.0 Å². The van der Waals surface area contributed by atoms with Gasteiger partial charge >= 0.3 is 0 Å². The second-order valence-electron chi connectivity index (χ2n) is 15.3. The molecule has 2 saturated carbocycles. The van der Waals surface area contributed by atoms with Gasteiger partial charge in [0.15, 0.2) is 0 Å². The Kier molecular flexibility index (Phi) is 10.3. The van der Waals surface area contributed by atoms with E-state index >= 15 is 0 Å². The van der Waals surface area contributed by atoms with Gasteiger partial charge in [-0.25, -0.2) is 13.1 Å². The molecule has 0 aromatic heterocycles. The summed E-state index contributed by atoms with van der Waals surface area (Å²) in [5, 5.41) is 0.114. The fourth-order valence-electron chi connectivity index (χ4n) is 8.93. The summed E-state index contributed by atoms with van der Waals surface area (Å²) in [7, 11) is -2.22. The number of amides is 1. The highest BCUT2D eigenvalue weighted by atomic mass is 35.5. The van der Waals surface area contributed by atoms with Gasteiger partial charge in [0.2, 0.25) is 10.0 Å². The molecule has 48 heavy (non-hydrogen) atoms. The molecule has 6 aliphatic rings. The second-order valence-corrected chi connectivity index (χ2v) is 17.6. The number of carbonyl (C=O) groups excluding carboxylic acids is 1. The number of ether oxygens (including phenoxy) is 3. The summed E-state index contributed by atoms with van der Waals surface area (Å²) in [5.74, 6) is 0.460. The number of aryl methyl sites for hydroxylation is 1. The quantitative estimate of drug-likeness (QED) is 0.299. The lowest BCUT2D eigenvalue weighted by molar-refractivity contribution is -0.115. The van der Waals surface area contributed by atoms with Gasteiger partial charge in [-0.1, -0.05) is 67.8 Å². The van der Waals surface area contributed by atoms with Gasteiger partial charge in [0.05, 0.1) is 43.3 Å². The number of sulfonamides is 1. The van der Waals surface area contributed by atoms with Crippen LogP contribution in [0.15, 0.2) is 54.2 Å². The van der Waals surface area contributed by atoms with Gasteiger partial charge in [0.1, 0.15) is 0 Å². The third-order valence-corrected chi connectivity index (χ3v) is 14.1. The molecular formula is C38H51ClN2O6S. The van der Waals surface area contributed by atoms with Gasteiger partial charge in [-0.05, 0) is 91.9 Å². The molecule has 1 aromatic carbocycles. The fourth-order valence-corrected chi connectivity index (χ4v) is 10.9. The van der Waals surface area contributed by atoms with Crippen molar-refractivity contribution < 1.29 is 27.4 Å². The summed E-state index contributed by atoms with van der Waals surface area (Å²) >= 11 is 6.46. The van der Waals surface area contributed by atoms with E-state index in [4.69, 9.17) is 25.8 Å². The molecule has 7 unspecified atom stereocenters. The van der Waals surface area contributed by atoms with E-state index in [1.165, 1.54) is 11.1 Å². The molecule has 7 rings (SSSR count). The van der Waals surface area contributed by atoms with Gasteiger partial charge in [-0.2, -0.15) is 0 Å². The second kappa shape index (κ2) is 14.3. The molecule has 2 aliphatic heterocycles. The van der Waals surface area contributed by atoms with E-state index in [9.17, 15) is 13.2 Å². The van der Waals surface area contributed by atoms with Crippen LogP contribution in [-0.2, 0) is 40.9 Å². The molecule has 8 atom stereocenters. The van der Waals surface area contributed by atoms with E-state index in [-0.39, 0.29) is 29.6 Å². The number of rotatable bonds is 6. The Bertz CT molecular complexity index is 1560. The first kappa shape index (κ1) is 34.4. The number of halogens is 1. The zero-order valence-corrected chi connectivity index (χ0v) is 29.9. The third kappa shape index (κ3) is 7.24. The van der Waals surface area contributed by atoms with Crippen LogP contribution < -0.4 is 4.72 Å². The zero-order valence-electron chi connectivity index (χ0n) is 28.3. The number of fused-ring (bicyclic) bond motifs is 3. The van der Waals surface area contributed by atoms with E-state index in [1.807, 2.05) is 25.1 Å². The Morgan fingerprint density at radius 3 is 2.77 bits per heavy atom. The van der Waals surface area contributed by atoms with Crippen LogP contribution in [0.1, 0.15) is 69.4 Å². The Hall–Kier alpha value is -2.01. The van der Waals surface area contributed by atoms with E-state index in [2.05, 4.69) is 33.9 Å². The van der Waals surface area contributed by atoms with Gasteiger partial charge in [-0.3, -0.25) is 9.69 Å². The monoisotopic (exact) mass is 698 g/mol. The molecule has 2 heterocycles. The fraction of sp³-hybridized carbons (Fsp3) is 0.658. The van der Waals surface area contributed by atoms with E-state index in [1.54, 1.807) is 13.2 Å². The van der Waals surface area contributed by atoms with Gasteiger partial charge in [0, 0.05) is 36.2 Å². The van der Waals surface area contributed by atoms with Crippen LogP contribution in [-0.4, -0.2) is 82.7 Å². The van der Waals surface area contributed by atoms with Crippen LogP contribution in [0.2, 0.25) is 5.02 Å². The van der Waals surface area contributed by atoms with Crippen molar-refractivity contribution in [2.24, 2.45) is 23.7 Å². The van der Waals surface area contributed by atoms with Crippen molar-refractivity contribution in [2.75, 3.05) is 40.0 Å². The van der Waals surface area contributed by atoms with Crippen LogP contribution in [0.3, 0.4) is 0 Å². The number of benzene rings is 1. The highest BCUT2D eigenvalue weighted by Crippen LogP contribution is 2.45. The van der Waals surface area contributed by atoms with Crippen LogP contribution in [0.4, 0.5) is 0 Å². The Balaban J connectivity index is 1.26. The van der Waals surface area contributed by atoms with Crippen molar-refractivity contribution in [3.8, 4) is 0 Å². The molecule has 10 heteroatoms. The summed E-state index contributed by atoms with van der Waals surface area (Å²) in [4.78, 5) is 16.3. The normalized spacial score (nSPS) is 37.4. The molecule has 1 saturated heterocycles. The minimum Gasteiger partial charge on any atom is -0.382 e. The molecule has 4 aliphatic carbocycles. The summed E-state index contributed by atoms with van der Waals surface area (Å²) in [6, 6.07) is 6.10. The average Bonchev–Trinajstić information content (AvgIpc) is 3.88. The smallest absolute Gasteiger partial charge is 0.264 e. The lowest BCUT2D eigenvalue weighted by atomic mass is 9.68. The molecule has 262 valence electrons. The highest BCUT2D eigenvalue weighted by molar-refractivity contribution is 7.90. The lowest BCUT2D eigenvalue weighted by Crippen LogP contribution is -2.53. The molecule has 1 amide bonds. The first-order valence-electron chi connectivity index (χ1n) is 18.0. The summed E-state index contributed by atoms with van der Waals surface area (Å²) in [6.07, 6.45) is 18.2. The molecule has 1 spiro atoms. The number of hydrogen-bond acceptors (Lipinski definition) is 7. The first-order valence-corrected chi connectivity index (χ1v) is 20.0. The van der Waals surface area contributed by atoms with Crippen molar-refractivity contribution in [3.05, 3.63) is 70.3 Å². The molecule has 1 aromatic rings. The summed E-state index contributed by atoms with van der Waals surface area (Å²) in [6.45, 7) is 5.24. The Labute approximate surface area is 291 Å². The largest absolute Gasteiger partial charge is 0.382 e. The number of allylic oxidation sites excluding steroid dienone is 1. The third-order valence-electron chi connectivity index (χ3n) is 12.0. The van der Waals surface area contributed by atoms with Crippen LogP contribution in [0.25, 0.3) is 0 Å². The molecule has 1 N–H and O–H groups in total. The Morgan fingerprint density at radius 1 is 1.15 bits per heavy atom. The standard InChI is InChI=1S/C38H51ClN2O6S/c1-25-5-3-7-34(46-18-17-45-2)31-13-10-29(31)22-41-23-38(16-4-6-27-20-30(39)12-14-32(27)38)24-47-35-15-11-28(21-33(35)41)37(42)40-48(43,44)36(25)19-26-8-9-26/h3,7,11-12,14-15,20-21,25-26,29,31,33-36H,4-6,8-10,13,16-19,22-24H2,1-2H3,(H,40,42)/b7-3+/t25?,29?,31?,33?,34?,35?,36?,38-/m0/s1. The summed E-state index contributed by atoms with van der Waals surface area (Å²) in [5.41, 5.74) is 2.78. The predicted molar refractivity (Wildman–Crippen MR) is 187 cm³/mol. The highest BCUT2D eigenvalue weighted by Gasteiger charge is 2.47. The number of nitrogens with zero attached hydrogens (tertiary/aromatic N) is 1. The average molecular weight is 699 g/mol. The van der Waals surface area contributed by atoms with E-state index < -0.39 is 21.2 Å². The van der Waals surface area contributed by atoms with Crippen molar-refractivity contribution in [1.29, 1.82) is 0 Å². The minimum atomic E-state index is -3.91. The predicted octanol–water partition coefficient (Wildman–Crippen LogP) is 5.75. The van der Waals surface area contributed by atoms with Gasteiger partial charge in [-0.15, -0.1) is 0 Å². The number of nitrogens with one attached hydrogen (secondary N) is 1. The number of hydrogen-bond donors (Lipinski definition) is 1. The molecular weight excluding hydrogens is 648 g/mol. The SMILES string of the molecule is COCCOC1/C=C/CC(C)C(CC2CC2)S(=O)(=O)NC(=O)C2=CC3C(C=C2)OC[C@]2(CCCc4cc(Cl)ccc42)CN3CC2CCC21. The first-order chi connectivity index (χ1) is 23.2. The van der Waals surface area contributed by atoms with Crippen molar-refractivity contribution in [3.63, 3.8) is 0 Å². The van der Waals surface area contributed by atoms with Crippen LogP contribution in [0, 0.1) is 23.7 Å². The maximum Gasteiger partial charge on any atom is 0.264 e. The van der Waals surface area contributed by atoms with Crippen LogP contribution in [0.5, 0.6) is 0 Å². The molecule has 8 nitrogen and oxygen atoms in total. The zero-order chi connectivity index (χ0) is 33.5. The van der Waals surface area contributed by atoms with Crippen LogP contribution >= 0.6 is 11.6 Å². The minimum absolute atomic E-state index is 0.0694. The summed E-state index contributed by atoms with van der Waals surface area (Å²) < 4.78 is 48.8. The van der Waals surface area contributed by atoms with Gasteiger partial charge in [0.25, 0.3) is 5.91 Å². The van der Waals surface area contributed by atoms with E-state index in [0.717, 1.165) is 63.1 Å². The maximum atomic E-state index is 13.9. The van der Waals surface area contributed by atoms with Crippen molar-refractivity contribution in [1.82, 2.24) is 9.62 Å². The van der Waals surface area contributed by atoms with Crippen molar-refractivity contribution >= 4 is 27.5 Å². The number of methoxy groups -OCH3 is 1. The maximum absolute atomic E-state index is 13.9.